The molecular formula is C9H9BrO4. The Balaban J connectivity index is 3.13. The summed E-state index contributed by atoms with van der Waals surface area (Å²) in [5.41, 5.74) is 0.877. The van der Waals surface area contributed by atoms with Crippen LogP contribution in [0.15, 0.2) is 16.6 Å². The van der Waals surface area contributed by atoms with Gasteiger partial charge in [0.15, 0.2) is 11.5 Å². The van der Waals surface area contributed by atoms with Crippen molar-refractivity contribution in [2.75, 3.05) is 7.11 Å². The van der Waals surface area contributed by atoms with Crippen LogP contribution in [0.2, 0.25) is 0 Å². The van der Waals surface area contributed by atoms with Gasteiger partial charge >= 0.3 is 6.16 Å². The summed E-state index contributed by atoms with van der Waals surface area (Å²) in [6.45, 7) is 1.83. The largest absolute Gasteiger partial charge is 0.511 e. The maximum atomic E-state index is 10.3. The third-order valence-corrected chi connectivity index (χ3v) is 2.50. The van der Waals surface area contributed by atoms with Crippen molar-refractivity contribution in [3.05, 3.63) is 22.2 Å². The van der Waals surface area contributed by atoms with Crippen LogP contribution in [0.5, 0.6) is 11.5 Å². The summed E-state index contributed by atoms with van der Waals surface area (Å²) in [6.07, 6.45) is -1.36. The molecule has 0 fully saturated rings. The van der Waals surface area contributed by atoms with Crippen molar-refractivity contribution in [3.8, 4) is 11.5 Å². The lowest BCUT2D eigenvalue weighted by molar-refractivity contribution is 0.143. The van der Waals surface area contributed by atoms with Crippen LogP contribution in [0.3, 0.4) is 0 Å². The van der Waals surface area contributed by atoms with Crippen LogP contribution in [0.4, 0.5) is 4.79 Å². The van der Waals surface area contributed by atoms with Gasteiger partial charge in [-0.05, 0) is 24.6 Å². The van der Waals surface area contributed by atoms with Gasteiger partial charge in [0, 0.05) is 4.47 Å². The summed E-state index contributed by atoms with van der Waals surface area (Å²) in [7, 11) is 1.45. The van der Waals surface area contributed by atoms with E-state index in [1.165, 1.54) is 7.11 Å². The molecule has 4 nitrogen and oxygen atoms in total. The van der Waals surface area contributed by atoms with Crippen LogP contribution >= 0.6 is 15.9 Å². The average Bonchev–Trinajstić information content (AvgIpc) is 2.10. The molecular weight excluding hydrogens is 252 g/mol. The van der Waals surface area contributed by atoms with Gasteiger partial charge in [0.25, 0.3) is 0 Å². The number of carboxylic acid groups (broad SMARTS) is 1. The first-order valence-corrected chi connectivity index (χ1v) is 4.59. The van der Waals surface area contributed by atoms with E-state index < -0.39 is 6.16 Å². The van der Waals surface area contributed by atoms with Gasteiger partial charge in [0.2, 0.25) is 0 Å². The van der Waals surface area contributed by atoms with E-state index in [0.29, 0.717) is 5.75 Å². The molecule has 0 radical (unpaired) electrons. The van der Waals surface area contributed by atoms with Crippen molar-refractivity contribution in [2.45, 2.75) is 6.92 Å². The fraction of sp³-hybridized carbons (Fsp3) is 0.222. The first-order valence-electron chi connectivity index (χ1n) is 3.79. The first kappa shape index (κ1) is 10.8. The van der Waals surface area contributed by atoms with Gasteiger partial charge in [0.05, 0.1) is 7.11 Å². The average molecular weight is 261 g/mol. The summed E-state index contributed by atoms with van der Waals surface area (Å²) >= 11 is 3.30. The second kappa shape index (κ2) is 4.32. The summed E-state index contributed by atoms with van der Waals surface area (Å²) in [5.74, 6) is 0.575. The van der Waals surface area contributed by atoms with E-state index in [4.69, 9.17) is 9.84 Å². The van der Waals surface area contributed by atoms with Gasteiger partial charge in [0.1, 0.15) is 0 Å². The van der Waals surface area contributed by atoms with E-state index in [1.54, 1.807) is 12.1 Å². The summed E-state index contributed by atoms with van der Waals surface area (Å²) in [5, 5.41) is 8.46. The molecule has 0 aliphatic heterocycles. The fourth-order valence-electron chi connectivity index (χ4n) is 0.970. The molecule has 0 bridgehead atoms. The molecule has 0 aliphatic rings. The fourth-order valence-corrected chi connectivity index (χ4v) is 1.29. The molecule has 1 aromatic carbocycles. The second-order valence-electron chi connectivity index (χ2n) is 2.62. The van der Waals surface area contributed by atoms with Gasteiger partial charge in [-0.3, -0.25) is 0 Å². The highest BCUT2D eigenvalue weighted by Crippen LogP contribution is 2.33. The Morgan fingerprint density at radius 1 is 1.43 bits per heavy atom. The molecule has 0 aliphatic carbocycles. The quantitative estimate of drug-likeness (QED) is 0.657. The zero-order valence-corrected chi connectivity index (χ0v) is 9.29. The predicted octanol–water partition coefficient (Wildman–Crippen LogP) is 2.82. The highest BCUT2D eigenvalue weighted by atomic mass is 79.9. The number of hydrogen-bond donors (Lipinski definition) is 1. The molecule has 1 aromatic rings. The van der Waals surface area contributed by atoms with Crippen LogP contribution in [0.25, 0.3) is 0 Å². The summed E-state index contributed by atoms with van der Waals surface area (Å²) in [4.78, 5) is 10.3. The number of hydrogen-bond acceptors (Lipinski definition) is 3. The Hall–Kier alpha value is -1.23. The van der Waals surface area contributed by atoms with Crippen molar-refractivity contribution in [2.24, 2.45) is 0 Å². The molecule has 0 saturated heterocycles. The smallest absolute Gasteiger partial charge is 0.493 e. The minimum Gasteiger partial charge on any atom is -0.493 e. The first-order chi connectivity index (χ1) is 6.54. The molecule has 14 heavy (non-hydrogen) atoms. The van der Waals surface area contributed by atoms with Crippen LogP contribution in [-0.4, -0.2) is 18.4 Å². The van der Waals surface area contributed by atoms with Crippen LogP contribution in [0, 0.1) is 6.92 Å². The van der Waals surface area contributed by atoms with E-state index in [2.05, 4.69) is 20.7 Å². The van der Waals surface area contributed by atoms with E-state index >= 15 is 0 Å². The number of benzene rings is 1. The molecule has 0 amide bonds. The van der Waals surface area contributed by atoms with Crippen LogP contribution in [-0.2, 0) is 0 Å². The van der Waals surface area contributed by atoms with Crippen molar-refractivity contribution in [3.63, 3.8) is 0 Å². The topological polar surface area (TPSA) is 55.8 Å². The maximum Gasteiger partial charge on any atom is 0.511 e. The number of carbonyl (C=O) groups is 1. The van der Waals surface area contributed by atoms with E-state index in [1.807, 2.05) is 6.92 Å². The van der Waals surface area contributed by atoms with Crippen LogP contribution < -0.4 is 9.47 Å². The van der Waals surface area contributed by atoms with Gasteiger partial charge in [-0.2, -0.15) is 0 Å². The molecule has 0 aromatic heterocycles. The molecule has 1 rings (SSSR count). The molecule has 0 atom stereocenters. The second-order valence-corrected chi connectivity index (χ2v) is 3.47. The number of ether oxygens (including phenoxy) is 2. The highest BCUT2D eigenvalue weighted by Gasteiger charge is 2.10. The van der Waals surface area contributed by atoms with Gasteiger partial charge in [-0.25, -0.2) is 4.79 Å². The minimum atomic E-state index is -1.36. The molecule has 1 N–H and O–H groups in total. The van der Waals surface area contributed by atoms with Gasteiger partial charge < -0.3 is 14.6 Å². The zero-order chi connectivity index (χ0) is 10.7. The lowest BCUT2D eigenvalue weighted by Crippen LogP contribution is -2.04. The van der Waals surface area contributed by atoms with Crippen molar-refractivity contribution in [1.29, 1.82) is 0 Å². The van der Waals surface area contributed by atoms with Gasteiger partial charge in [-0.1, -0.05) is 15.9 Å². The number of aryl methyl sites for hydroxylation is 1. The standard InChI is InChI=1S/C9H9BrO4/c1-5-3-8(14-9(11)12)7(13-2)4-6(5)10/h3-4H,1-2H3,(H,11,12). The third kappa shape index (κ3) is 2.38. The van der Waals surface area contributed by atoms with E-state index in [0.717, 1.165) is 10.0 Å². The molecule has 76 valence electrons. The lowest BCUT2D eigenvalue weighted by atomic mass is 10.2. The SMILES string of the molecule is COc1cc(Br)c(C)cc1OC(=O)O. The Labute approximate surface area is 89.6 Å². The summed E-state index contributed by atoms with van der Waals surface area (Å²) in [6, 6.07) is 3.25. The minimum absolute atomic E-state index is 0.195. The number of rotatable bonds is 2. The van der Waals surface area contributed by atoms with Crippen molar-refractivity contribution < 1.29 is 19.4 Å². The Morgan fingerprint density at radius 2 is 2.07 bits per heavy atom. The molecule has 0 saturated carbocycles. The third-order valence-electron chi connectivity index (χ3n) is 1.64. The van der Waals surface area contributed by atoms with E-state index in [9.17, 15) is 4.79 Å². The Kier molecular flexibility index (Phi) is 3.35. The summed E-state index contributed by atoms with van der Waals surface area (Å²) < 4.78 is 10.3. The molecule has 5 heteroatoms. The molecule has 0 spiro atoms. The maximum absolute atomic E-state index is 10.3. The lowest BCUT2D eigenvalue weighted by Gasteiger charge is -2.08. The highest BCUT2D eigenvalue weighted by molar-refractivity contribution is 9.10. The normalized spacial score (nSPS) is 9.64. The molecule has 0 unspecified atom stereocenters. The Bertz CT molecular complexity index is 362. The Morgan fingerprint density at radius 3 is 2.57 bits per heavy atom. The monoisotopic (exact) mass is 260 g/mol. The zero-order valence-electron chi connectivity index (χ0n) is 7.70. The number of methoxy groups -OCH3 is 1. The molecule has 0 heterocycles. The predicted molar refractivity (Wildman–Crippen MR) is 54.1 cm³/mol. The van der Waals surface area contributed by atoms with Gasteiger partial charge in [-0.15, -0.1) is 0 Å². The number of halogens is 1. The van der Waals surface area contributed by atoms with Crippen molar-refractivity contribution >= 4 is 22.1 Å². The van der Waals surface area contributed by atoms with Crippen molar-refractivity contribution in [1.82, 2.24) is 0 Å². The van der Waals surface area contributed by atoms with Crippen LogP contribution in [0.1, 0.15) is 5.56 Å². The van der Waals surface area contributed by atoms with E-state index in [-0.39, 0.29) is 5.75 Å².